The highest BCUT2D eigenvalue weighted by Gasteiger charge is 2.27. The third kappa shape index (κ3) is 3.38. The molecule has 1 unspecified atom stereocenters. The van der Waals surface area contributed by atoms with Gasteiger partial charge in [0.05, 0.1) is 5.92 Å². The molecule has 1 aliphatic rings. The van der Waals surface area contributed by atoms with Crippen molar-refractivity contribution in [2.24, 2.45) is 11.8 Å². The van der Waals surface area contributed by atoms with Crippen LogP contribution < -0.4 is 5.32 Å². The number of nitrogens with one attached hydrogen (secondary N) is 1. The van der Waals surface area contributed by atoms with E-state index in [2.05, 4.69) is 17.4 Å². The summed E-state index contributed by atoms with van der Waals surface area (Å²) < 4.78 is 0. The van der Waals surface area contributed by atoms with Gasteiger partial charge in [-0.15, -0.1) is 0 Å². The van der Waals surface area contributed by atoms with Gasteiger partial charge in [-0.3, -0.25) is 9.59 Å². The van der Waals surface area contributed by atoms with Crippen LogP contribution in [0.1, 0.15) is 31.4 Å². The number of carbonyl (C=O) groups excluding carboxylic acids is 1. The Morgan fingerprint density at radius 2 is 1.80 bits per heavy atom. The number of hydrogen-bond donors (Lipinski definition) is 2. The first kappa shape index (κ1) is 14.6. The van der Waals surface area contributed by atoms with Crippen molar-refractivity contribution >= 4 is 11.9 Å². The zero-order chi connectivity index (χ0) is 14.7. The first-order valence-corrected chi connectivity index (χ1v) is 7.06. The Kier molecular flexibility index (Phi) is 4.42. The van der Waals surface area contributed by atoms with Gasteiger partial charge in [0.1, 0.15) is 0 Å². The number of amides is 1. The van der Waals surface area contributed by atoms with E-state index in [1.807, 2.05) is 26.0 Å². The summed E-state index contributed by atoms with van der Waals surface area (Å²) in [6, 6.07) is 8.26. The highest BCUT2D eigenvalue weighted by atomic mass is 16.4. The van der Waals surface area contributed by atoms with Crippen molar-refractivity contribution in [3.05, 3.63) is 35.4 Å². The fourth-order valence-electron chi connectivity index (χ4n) is 2.76. The molecule has 0 bridgehead atoms. The summed E-state index contributed by atoms with van der Waals surface area (Å²) in [5, 5.41) is 12.1. The number of aliphatic carboxylic acids is 1. The fourth-order valence-corrected chi connectivity index (χ4v) is 2.76. The molecule has 2 N–H and O–H groups in total. The van der Waals surface area contributed by atoms with Gasteiger partial charge in [-0.05, 0) is 29.9 Å². The SMILES string of the molecule is CC(C)C(CC(=O)NC1Cc2ccccc2C1)C(=O)O. The maximum Gasteiger partial charge on any atom is 0.307 e. The molecule has 1 aromatic rings. The Bertz CT molecular complexity index is 485. The van der Waals surface area contributed by atoms with Crippen LogP contribution in [-0.2, 0) is 22.4 Å². The quantitative estimate of drug-likeness (QED) is 0.864. The standard InChI is InChI=1S/C16H21NO3/c1-10(2)14(16(19)20)9-15(18)17-13-7-11-5-3-4-6-12(11)8-13/h3-6,10,13-14H,7-9H2,1-2H3,(H,17,18)(H,19,20). The first-order valence-electron chi connectivity index (χ1n) is 7.06. The predicted molar refractivity (Wildman–Crippen MR) is 76.4 cm³/mol. The normalized spacial score (nSPS) is 15.9. The third-order valence-corrected chi connectivity index (χ3v) is 3.94. The molecule has 0 saturated carbocycles. The van der Waals surface area contributed by atoms with Crippen molar-refractivity contribution < 1.29 is 14.7 Å². The third-order valence-electron chi connectivity index (χ3n) is 3.94. The number of carbonyl (C=O) groups is 2. The lowest BCUT2D eigenvalue weighted by molar-refractivity contribution is -0.145. The molecule has 0 fully saturated rings. The lowest BCUT2D eigenvalue weighted by Crippen LogP contribution is -2.38. The van der Waals surface area contributed by atoms with E-state index < -0.39 is 11.9 Å². The number of carboxylic acids is 1. The highest BCUT2D eigenvalue weighted by Crippen LogP contribution is 2.22. The van der Waals surface area contributed by atoms with E-state index in [0.717, 1.165) is 12.8 Å². The van der Waals surface area contributed by atoms with Gasteiger partial charge < -0.3 is 10.4 Å². The summed E-state index contributed by atoms with van der Waals surface area (Å²) in [6.07, 6.45) is 1.72. The van der Waals surface area contributed by atoms with Crippen molar-refractivity contribution in [3.8, 4) is 0 Å². The Balaban J connectivity index is 1.89. The number of hydrogen-bond acceptors (Lipinski definition) is 2. The number of benzene rings is 1. The number of rotatable bonds is 5. The minimum Gasteiger partial charge on any atom is -0.481 e. The molecule has 0 radical (unpaired) electrons. The van der Waals surface area contributed by atoms with E-state index in [0.29, 0.717) is 0 Å². The zero-order valence-corrected chi connectivity index (χ0v) is 11.9. The van der Waals surface area contributed by atoms with Gasteiger partial charge in [0.2, 0.25) is 5.91 Å². The summed E-state index contributed by atoms with van der Waals surface area (Å²) in [7, 11) is 0. The van der Waals surface area contributed by atoms with Gasteiger partial charge >= 0.3 is 5.97 Å². The Morgan fingerprint density at radius 1 is 1.25 bits per heavy atom. The van der Waals surface area contributed by atoms with Crippen LogP contribution in [0.4, 0.5) is 0 Å². The van der Waals surface area contributed by atoms with Crippen LogP contribution in [0.5, 0.6) is 0 Å². The molecule has 2 rings (SSSR count). The average molecular weight is 275 g/mol. The fraction of sp³-hybridized carbons (Fsp3) is 0.500. The molecule has 0 aliphatic heterocycles. The second-order valence-electron chi connectivity index (χ2n) is 5.83. The average Bonchev–Trinajstić information content (AvgIpc) is 2.77. The summed E-state index contributed by atoms with van der Waals surface area (Å²) in [6.45, 7) is 3.66. The van der Waals surface area contributed by atoms with E-state index in [4.69, 9.17) is 5.11 Å². The van der Waals surface area contributed by atoms with E-state index >= 15 is 0 Å². The van der Waals surface area contributed by atoms with E-state index in [-0.39, 0.29) is 24.3 Å². The molecule has 1 aliphatic carbocycles. The van der Waals surface area contributed by atoms with Crippen molar-refractivity contribution in [2.75, 3.05) is 0 Å². The molecule has 20 heavy (non-hydrogen) atoms. The number of fused-ring (bicyclic) bond motifs is 1. The monoisotopic (exact) mass is 275 g/mol. The molecule has 4 heteroatoms. The van der Waals surface area contributed by atoms with Crippen LogP contribution in [0.15, 0.2) is 24.3 Å². The molecule has 1 aromatic carbocycles. The maximum absolute atomic E-state index is 12.0. The second kappa shape index (κ2) is 6.07. The van der Waals surface area contributed by atoms with Crippen molar-refractivity contribution in [1.29, 1.82) is 0 Å². The Labute approximate surface area is 119 Å². The molecule has 0 heterocycles. The minimum absolute atomic E-state index is 0.0426. The topological polar surface area (TPSA) is 66.4 Å². The lowest BCUT2D eigenvalue weighted by atomic mass is 9.92. The maximum atomic E-state index is 12.0. The molecule has 4 nitrogen and oxygen atoms in total. The smallest absolute Gasteiger partial charge is 0.307 e. The molecule has 0 spiro atoms. The van der Waals surface area contributed by atoms with Crippen LogP contribution in [0, 0.1) is 11.8 Å². The van der Waals surface area contributed by atoms with Gasteiger partial charge in [0, 0.05) is 12.5 Å². The van der Waals surface area contributed by atoms with Crippen LogP contribution >= 0.6 is 0 Å². The molecular weight excluding hydrogens is 254 g/mol. The summed E-state index contributed by atoms with van der Waals surface area (Å²) in [5.74, 6) is -1.72. The second-order valence-corrected chi connectivity index (χ2v) is 5.83. The molecule has 1 atom stereocenters. The van der Waals surface area contributed by atoms with E-state index in [1.165, 1.54) is 11.1 Å². The largest absolute Gasteiger partial charge is 0.481 e. The van der Waals surface area contributed by atoms with Crippen molar-refractivity contribution in [1.82, 2.24) is 5.32 Å². The number of carboxylic acid groups (broad SMARTS) is 1. The summed E-state index contributed by atoms with van der Waals surface area (Å²) in [5.41, 5.74) is 2.55. The van der Waals surface area contributed by atoms with Crippen LogP contribution in [-0.4, -0.2) is 23.0 Å². The van der Waals surface area contributed by atoms with Crippen molar-refractivity contribution in [3.63, 3.8) is 0 Å². The minimum atomic E-state index is -0.898. The van der Waals surface area contributed by atoms with Gasteiger partial charge in [-0.2, -0.15) is 0 Å². The summed E-state index contributed by atoms with van der Waals surface area (Å²) >= 11 is 0. The lowest BCUT2D eigenvalue weighted by Gasteiger charge is -2.18. The van der Waals surface area contributed by atoms with E-state index in [1.54, 1.807) is 0 Å². The zero-order valence-electron chi connectivity index (χ0n) is 11.9. The van der Waals surface area contributed by atoms with Crippen molar-refractivity contribution in [2.45, 2.75) is 39.2 Å². The van der Waals surface area contributed by atoms with Gasteiger partial charge in [0.15, 0.2) is 0 Å². The Morgan fingerprint density at radius 3 is 2.25 bits per heavy atom. The first-order chi connectivity index (χ1) is 9.47. The molecule has 108 valence electrons. The highest BCUT2D eigenvalue weighted by molar-refractivity contribution is 5.82. The predicted octanol–water partition coefficient (Wildman–Crippen LogP) is 2.02. The molecular formula is C16H21NO3. The molecule has 0 aromatic heterocycles. The Hall–Kier alpha value is -1.84. The van der Waals surface area contributed by atoms with Crippen LogP contribution in [0.25, 0.3) is 0 Å². The van der Waals surface area contributed by atoms with Gasteiger partial charge in [-0.1, -0.05) is 38.1 Å². The van der Waals surface area contributed by atoms with Crippen LogP contribution in [0.3, 0.4) is 0 Å². The molecule has 0 saturated heterocycles. The summed E-state index contributed by atoms with van der Waals surface area (Å²) in [4.78, 5) is 23.1. The van der Waals surface area contributed by atoms with Crippen LogP contribution in [0.2, 0.25) is 0 Å². The molecule has 1 amide bonds. The van der Waals surface area contributed by atoms with E-state index in [9.17, 15) is 9.59 Å². The van der Waals surface area contributed by atoms with Gasteiger partial charge in [-0.25, -0.2) is 0 Å². The van der Waals surface area contributed by atoms with Gasteiger partial charge in [0.25, 0.3) is 0 Å².